The summed E-state index contributed by atoms with van der Waals surface area (Å²) in [6.45, 7) is 10.2. The topological polar surface area (TPSA) is 13.1 Å². The van der Waals surface area contributed by atoms with Gasteiger partial charge in [0, 0.05) is 0 Å². The average Bonchev–Trinajstić information content (AvgIpc) is 2.97. The Labute approximate surface area is 130 Å². The first kappa shape index (κ1) is 15.2. The van der Waals surface area contributed by atoms with Crippen molar-refractivity contribution in [2.45, 2.75) is 72.6 Å². The molecule has 1 heteroatoms. The van der Waals surface area contributed by atoms with Gasteiger partial charge in [0.25, 0.3) is 0 Å². The van der Waals surface area contributed by atoms with Crippen molar-refractivity contribution in [2.24, 2.45) is 28.6 Å². The molecule has 1 heterocycles. The van der Waals surface area contributed by atoms with Crippen LogP contribution in [0.2, 0.25) is 0 Å². The second kappa shape index (κ2) is 5.48. The Morgan fingerprint density at radius 2 is 1.95 bits per heavy atom. The normalized spacial score (nSPS) is 43.5. The van der Waals surface area contributed by atoms with E-state index in [9.17, 15) is 0 Å². The van der Waals surface area contributed by atoms with Gasteiger partial charge in [-0.05, 0) is 72.3 Å². The van der Waals surface area contributed by atoms with E-state index in [2.05, 4.69) is 33.8 Å². The van der Waals surface area contributed by atoms with Crippen LogP contribution in [0.1, 0.15) is 71.8 Å². The molecule has 2 saturated carbocycles. The molecule has 0 aromatic carbocycles. The molecule has 2 aliphatic carbocycles. The van der Waals surface area contributed by atoms with Crippen LogP contribution in [-0.4, -0.2) is 0 Å². The van der Waals surface area contributed by atoms with Gasteiger partial charge in [0.1, 0.15) is 0 Å². The van der Waals surface area contributed by atoms with Gasteiger partial charge in [-0.1, -0.05) is 40.5 Å². The molecule has 0 amide bonds. The summed E-state index contributed by atoms with van der Waals surface area (Å²) in [5.41, 5.74) is 2.45. The number of fused-ring (bicyclic) bond motifs is 1. The quantitative estimate of drug-likeness (QED) is 0.656. The predicted molar refractivity (Wildman–Crippen MR) is 88.1 cm³/mol. The molecule has 21 heavy (non-hydrogen) atoms. The number of rotatable bonds is 3. The highest BCUT2D eigenvalue weighted by Crippen LogP contribution is 2.62. The molecule has 5 unspecified atom stereocenters. The maximum Gasteiger partial charge on any atom is 0.0934 e. The summed E-state index contributed by atoms with van der Waals surface area (Å²) in [5, 5.41) is 0. The number of hydrogen-bond donors (Lipinski definition) is 0. The van der Waals surface area contributed by atoms with Crippen LogP contribution in [0.3, 0.4) is 0 Å². The molecule has 1 aromatic rings. The largest absolute Gasteiger partial charge is 0.472 e. The molecule has 0 bridgehead atoms. The van der Waals surface area contributed by atoms with Gasteiger partial charge in [-0.2, -0.15) is 0 Å². The molecule has 0 N–H and O–H groups in total. The third-order valence-electron chi connectivity index (χ3n) is 7.62. The number of aryl methyl sites for hydroxylation is 1. The summed E-state index contributed by atoms with van der Waals surface area (Å²) in [6, 6.07) is 2.14. The first-order valence-electron chi connectivity index (χ1n) is 8.98. The van der Waals surface area contributed by atoms with Crippen LogP contribution in [0, 0.1) is 28.6 Å². The zero-order chi connectivity index (χ0) is 15.1. The van der Waals surface area contributed by atoms with Crippen molar-refractivity contribution in [3.05, 3.63) is 24.2 Å². The van der Waals surface area contributed by atoms with E-state index in [-0.39, 0.29) is 0 Å². The fourth-order valence-corrected chi connectivity index (χ4v) is 5.60. The van der Waals surface area contributed by atoms with Gasteiger partial charge in [0.05, 0.1) is 12.5 Å². The fourth-order valence-electron chi connectivity index (χ4n) is 5.60. The van der Waals surface area contributed by atoms with E-state index in [1.54, 1.807) is 0 Å². The van der Waals surface area contributed by atoms with E-state index in [1.165, 1.54) is 50.5 Å². The minimum Gasteiger partial charge on any atom is -0.472 e. The average molecular weight is 288 g/mol. The van der Waals surface area contributed by atoms with Crippen LogP contribution >= 0.6 is 0 Å². The molecule has 3 rings (SSSR count). The van der Waals surface area contributed by atoms with Crippen LogP contribution in [0.5, 0.6) is 0 Å². The highest BCUT2D eigenvalue weighted by molar-refractivity contribution is 5.09. The van der Waals surface area contributed by atoms with E-state index in [1.807, 2.05) is 12.5 Å². The maximum absolute atomic E-state index is 5.26. The Morgan fingerprint density at radius 3 is 2.67 bits per heavy atom. The van der Waals surface area contributed by atoms with Crippen LogP contribution in [0.15, 0.2) is 23.0 Å². The summed E-state index contributed by atoms with van der Waals surface area (Å²) in [7, 11) is 0. The Kier molecular flexibility index (Phi) is 3.96. The molecular formula is C20H32O. The van der Waals surface area contributed by atoms with Crippen molar-refractivity contribution in [2.75, 3.05) is 0 Å². The number of furan rings is 1. The third kappa shape index (κ3) is 2.47. The van der Waals surface area contributed by atoms with Gasteiger partial charge in [0.15, 0.2) is 0 Å². The van der Waals surface area contributed by atoms with Crippen molar-refractivity contribution < 1.29 is 4.42 Å². The van der Waals surface area contributed by atoms with Crippen LogP contribution in [0.25, 0.3) is 0 Å². The standard InChI is InChI=1S/C20H32O/c1-15-6-5-7-18-19(15,3)11-8-16(2)20(18,4)12-9-17-10-13-21-14-17/h10,13-16,18H,5-9,11-12H2,1-4H3. The Morgan fingerprint density at radius 1 is 1.14 bits per heavy atom. The molecule has 0 saturated heterocycles. The maximum atomic E-state index is 5.26. The summed E-state index contributed by atoms with van der Waals surface area (Å²) < 4.78 is 5.26. The van der Waals surface area contributed by atoms with Crippen molar-refractivity contribution in [1.82, 2.24) is 0 Å². The van der Waals surface area contributed by atoms with E-state index in [0.29, 0.717) is 10.8 Å². The van der Waals surface area contributed by atoms with Gasteiger partial charge in [0.2, 0.25) is 0 Å². The Balaban J connectivity index is 1.82. The molecule has 118 valence electrons. The minimum atomic E-state index is 0.499. The molecule has 2 fully saturated rings. The predicted octanol–water partition coefficient (Wildman–Crippen LogP) is 6.09. The van der Waals surface area contributed by atoms with Gasteiger partial charge in [-0.15, -0.1) is 0 Å². The molecule has 2 aliphatic rings. The van der Waals surface area contributed by atoms with E-state index >= 15 is 0 Å². The van der Waals surface area contributed by atoms with Gasteiger partial charge in [-0.3, -0.25) is 0 Å². The van der Waals surface area contributed by atoms with Crippen molar-refractivity contribution in [1.29, 1.82) is 0 Å². The lowest BCUT2D eigenvalue weighted by atomic mass is 9.45. The van der Waals surface area contributed by atoms with Crippen LogP contribution < -0.4 is 0 Å². The zero-order valence-electron chi connectivity index (χ0n) is 14.3. The van der Waals surface area contributed by atoms with E-state index < -0.39 is 0 Å². The minimum absolute atomic E-state index is 0.499. The van der Waals surface area contributed by atoms with Crippen LogP contribution in [0.4, 0.5) is 0 Å². The van der Waals surface area contributed by atoms with Gasteiger partial charge >= 0.3 is 0 Å². The van der Waals surface area contributed by atoms with Crippen molar-refractivity contribution >= 4 is 0 Å². The van der Waals surface area contributed by atoms with Crippen molar-refractivity contribution in [3.63, 3.8) is 0 Å². The highest BCUT2D eigenvalue weighted by Gasteiger charge is 2.54. The molecule has 1 nitrogen and oxygen atoms in total. The van der Waals surface area contributed by atoms with E-state index in [4.69, 9.17) is 4.42 Å². The smallest absolute Gasteiger partial charge is 0.0934 e. The molecule has 1 aromatic heterocycles. The second-order valence-electron chi connectivity index (χ2n) is 8.47. The Hall–Kier alpha value is -0.720. The lowest BCUT2D eigenvalue weighted by molar-refractivity contribution is -0.108. The highest BCUT2D eigenvalue weighted by atomic mass is 16.3. The molecule has 5 atom stereocenters. The molecule has 0 radical (unpaired) electrons. The zero-order valence-corrected chi connectivity index (χ0v) is 14.3. The van der Waals surface area contributed by atoms with Gasteiger partial charge < -0.3 is 4.42 Å². The van der Waals surface area contributed by atoms with E-state index in [0.717, 1.165) is 17.8 Å². The summed E-state index contributed by atoms with van der Waals surface area (Å²) in [4.78, 5) is 0. The fraction of sp³-hybridized carbons (Fsp3) is 0.800. The molecule has 0 aliphatic heterocycles. The molecular weight excluding hydrogens is 256 g/mol. The third-order valence-corrected chi connectivity index (χ3v) is 7.62. The van der Waals surface area contributed by atoms with Gasteiger partial charge in [-0.25, -0.2) is 0 Å². The number of hydrogen-bond acceptors (Lipinski definition) is 1. The van der Waals surface area contributed by atoms with Crippen molar-refractivity contribution in [3.8, 4) is 0 Å². The molecule has 0 spiro atoms. The first-order chi connectivity index (χ1) is 9.97. The Bertz CT molecular complexity index is 462. The summed E-state index contributed by atoms with van der Waals surface area (Å²) >= 11 is 0. The second-order valence-corrected chi connectivity index (χ2v) is 8.47. The summed E-state index contributed by atoms with van der Waals surface area (Å²) in [6.07, 6.45) is 13.4. The first-order valence-corrected chi connectivity index (χ1v) is 8.98. The summed E-state index contributed by atoms with van der Waals surface area (Å²) in [5.74, 6) is 2.66. The monoisotopic (exact) mass is 288 g/mol. The lowest BCUT2D eigenvalue weighted by Gasteiger charge is -2.60. The van der Waals surface area contributed by atoms with Crippen LogP contribution in [-0.2, 0) is 6.42 Å². The SMILES string of the molecule is CC1CCC2(C)C(C)CCCC2C1(C)CCc1ccoc1. The lowest BCUT2D eigenvalue weighted by Crippen LogP contribution is -2.52.